The predicted octanol–water partition coefficient (Wildman–Crippen LogP) is 3.93. The summed E-state index contributed by atoms with van der Waals surface area (Å²) >= 11 is 0. The Hall–Kier alpha value is -1.06. The highest BCUT2D eigenvalue weighted by Gasteiger charge is 2.21. The minimum atomic E-state index is -0.126. The average molecular weight is 325 g/mol. The van der Waals surface area contributed by atoms with Gasteiger partial charge in [0.2, 0.25) is 5.91 Å². The van der Waals surface area contributed by atoms with E-state index in [9.17, 15) is 4.79 Å². The van der Waals surface area contributed by atoms with Crippen molar-refractivity contribution in [2.24, 2.45) is 11.7 Å². The molecule has 0 aliphatic heterocycles. The van der Waals surface area contributed by atoms with E-state index in [-0.39, 0.29) is 30.3 Å². The van der Waals surface area contributed by atoms with Crippen LogP contribution in [0.1, 0.15) is 69.0 Å². The number of nitrogens with one attached hydrogen (secondary N) is 1. The summed E-state index contributed by atoms with van der Waals surface area (Å²) < 4.78 is 0. The largest absolute Gasteiger partial charge is 0.354 e. The van der Waals surface area contributed by atoms with E-state index in [0.717, 1.165) is 18.4 Å². The van der Waals surface area contributed by atoms with E-state index in [0.29, 0.717) is 12.5 Å². The lowest BCUT2D eigenvalue weighted by Crippen LogP contribution is -2.36. The second kappa shape index (κ2) is 9.16. The van der Waals surface area contributed by atoms with Crippen LogP contribution >= 0.6 is 12.4 Å². The van der Waals surface area contributed by atoms with Gasteiger partial charge in [-0.2, -0.15) is 0 Å². The van der Waals surface area contributed by atoms with Crippen LogP contribution in [0.5, 0.6) is 0 Å². The number of halogens is 1. The highest BCUT2D eigenvalue weighted by atomic mass is 35.5. The van der Waals surface area contributed by atoms with Crippen LogP contribution in [0.25, 0.3) is 0 Å². The molecule has 0 spiro atoms. The van der Waals surface area contributed by atoms with Crippen molar-refractivity contribution in [3.05, 3.63) is 35.4 Å². The Labute approximate surface area is 140 Å². The summed E-state index contributed by atoms with van der Waals surface area (Å²) in [4.78, 5) is 12.1. The maximum atomic E-state index is 12.1. The normalized spacial score (nSPS) is 16.9. The van der Waals surface area contributed by atoms with E-state index in [1.165, 1.54) is 24.8 Å². The fraction of sp³-hybridized carbons (Fsp3) is 0.611. The van der Waals surface area contributed by atoms with Gasteiger partial charge < -0.3 is 11.1 Å². The molecule has 0 aromatic heterocycles. The molecule has 1 aliphatic carbocycles. The van der Waals surface area contributed by atoms with Gasteiger partial charge in [-0.1, -0.05) is 57.4 Å². The van der Waals surface area contributed by atoms with E-state index >= 15 is 0 Å². The van der Waals surface area contributed by atoms with Crippen LogP contribution in [0.3, 0.4) is 0 Å². The number of hydrogen-bond donors (Lipinski definition) is 2. The molecule has 1 aliphatic rings. The lowest BCUT2D eigenvalue weighted by Gasteiger charge is -2.22. The van der Waals surface area contributed by atoms with Gasteiger partial charge in [0.15, 0.2) is 0 Å². The summed E-state index contributed by atoms with van der Waals surface area (Å²) in [6, 6.07) is 8.28. The zero-order valence-electron chi connectivity index (χ0n) is 13.7. The van der Waals surface area contributed by atoms with Crippen LogP contribution in [0.2, 0.25) is 0 Å². The van der Waals surface area contributed by atoms with Crippen LogP contribution in [-0.2, 0) is 4.79 Å². The Morgan fingerprint density at radius 3 is 2.23 bits per heavy atom. The van der Waals surface area contributed by atoms with E-state index in [4.69, 9.17) is 5.73 Å². The highest BCUT2D eigenvalue weighted by molar-refractivity contribution is 5.85. The van der Waals surface area contributed by atoms with E-state index in [2.05, 4.69) is 43.4 Å². The summed E-state index contributed by atoms with van der Waals surface area (Å²) in [7, 11) is 0. The lowest BCUT2D eigenvalue weighted by molar-refractivity contribution is -0.125. The monoisotopic (exact) mass is 324 g/mol. The molecule has 124 valence electrons. The van der Waals surface area contributed by atoms with Crippen LogP contribution < -0.4 is 11.1 Å². The van der Waals surface area contributed by atoms with Crippen LogP contribution in [0, 0.1) is 5.92 Å². The number of rotatable bonds is 5. The van der Waals surface area contributed by atoms with Crippen molar-refractivity contribution in [2.75, 3.05) is 6.54 Å². The van der Waals surface area contributed by atoms with Crippen molar-refractivity contribution in [1.82, 2.24) is 5.32 Å². The Morgan fingerprint density at radius 1 is 1.14 bits per heavy atom. The molecular weight excluding hydrogens is 296 g/mol. The van der Waals surface area contributed by atoms with E-state index in [1.54, 1.807) is 0 Å². The van der Waals surface area contributed by atoms with Gasteiger partial charge in [0.25, 0.3) is 0 Å². The molecule has 3 N–H and O–H groups in total. The predicted molar refractivity (Wildman–Crippen MR) is 94.3 cm³/mol. The van der Waals surface area contributed by atoms with Crippen molar-refractivity contribution in [3.8, 4) is 0 Å². The third kappa shape index (κ3) is 5.29. The number of benzene rings is 1. The fourth-order valence-corrected chi connectivity index (χ4v) is 2.97. The quantitative estimate of drug-likeness (QED) is 0.862. The Bertz CT molecular complexity index is 453. The van der Waals surface area contributed by atoms with E-state index in [1.807, 2.05) is 0 Å². The third-order valence-corrected chi connectivity index (χ3v) is 4.50. The lowest BCUT2D eigenvalue weighted by atomic mass is 9.88. The van der Waals surface area contributed by atoms with Gasteiger partial charge >= 0.3 is 0 Å². The molecule has 1 fully saturated rings. The first-order valence-corrected chi connectivity index (χ1v) is 8.21. The molecule has 1 unspecified atom stereocenters. The summed E-state index contributed by atoms with van der Waals surface area (Å²) in [6.45, 7) is 4.88. The first-order valence-electron chi connectivity index (χ1n) is 8.21. The van der Waals surface area contributed by atoms with Crippen LogP contribution in [0.15, 0.2) is 24.3 Å². The molecule has 0 saturated heterocycles. The highest BCUT2D eigenvalue weighted by Crippen LogP contribution is 2.24. The molecule has 1 amide bonds. The van der Waals surface area contributed by atoms with Gasteiger partial charge in [0, 0.05) is 18.5 Å². The second-order valence-corrected chi connectivity index (χ2v) is 6.51. The topological polar surface area (TPSA) is 55.1 Å². The number of carbonyl (C=O) groups is 1. The number of carbonyl (C=O) groups excluding carboxylic acids is 1. The van der Waals surface area contributed by atoms with Gasteiger partial charge in [-0.15, -0.1) is 12.4 Å². The Balaban J connectivity index is 0.00000242. The van der Waals surface area contributed by atoms with Gasteiger partial charge in [0.05, 0.1) is 0 Å². The molecule has 0 bridgehead atoms. The first kappa shape index (κ1) is 19.0. The van der Waals surface area contributed by atoms with Crippen molar-refractivity contribution >= 4 is 18.3 Å². The molecule has 3 nitrogen and oxygen atoms in total. The molecule has 1 aromatic carbocycles. The van der Waals surface area contributed by atoms with Gasteiger partial charge in [0.1, 0.15) is 0 Å². The maximum Gasteiger partial charge on any atom is 0.223 e. The van der Waals surface area contributed by atoms with Crippen molar-refractivity contribution < 1.29 is 4.79 Å². The molecule has 1 saturated carbocycles. The molecule has 0 heterocycles. The van der Waals surface area contributed by atoms with Gasteiger partial charge in [-0.3, -0.25) is 4.79 Å². The molecular formula is C18H29ClN2O. The van der Waals surface area contributed by atoms with Crippen LogP contribution in [0.4, 0.5) is 0 Å². The number of nitrogens with two attached hydrogens (primary N) is 1. The Morgan fingerprint density at radius 2 is 1.68 bits per heavy atom. The minimum absolute atomic E-state index is 0. The molecule has 2 rings (SSSR count). The van der Waals surface area contributed by atoms with Crippen molar-refractivity contribution in [1.29, 1.82) is 0 Å². The maximum absolute atomic E-state index is 12.1. The summed E-state index contributed by atoms with van der Waals surface area (Å²) in [5.41, 5.74) is 8.59. The molecule has 1 atom stereocenters. The van der Waals surface area contributed by atoms with Gasteiger partial charge in [-0.05, 0) is 29.9 Å². The summed E-state index contributed by atoms with van der Waals surface area (Å²) in [5, 5.41) is 3.02. The molecule has 4 heteroatoms. The standard InChI is InChI=1S/C18H28N2O.ClH/c1-13(2)14-8-10-15(11-9-14)17(19)12-20-18(21)16-6-4-3-5-7-16;/h8-11,13,16-17H,3-7,12,19H2,1-2H3,(H,20,21);1H. The molecule has 22 heavy (non-hydrogen) atoms. The average Bonchev–Trinajstić information content (AvgIpc) is 2.53. The minimum Gasteiger partial charge on any atom is -0.354 e. The first-order chi connectivity index (χ1) is 10.1. The van der Waals surface area contributed by atoms with Gasteiger partial charge in [-0.25, -0.2) is 0 Å². The Kier molecular flexibility index (Phi) is 7.91. The molecule has 0 radical (unpaired) electrons. The van der Waals surface area contributed by atoms with Crippen LogP contribution in [-0.4, -0.2) is 12.5 Å². The fourth-order valence-electron chi connectivity index (χ4n) is 2.97. The smallest absolute Gasteiger partial charge is 0.223 e. The van der Waals surface area contributed by atoms with E-state index < -0.39 is 0 Å². The zero-order valence-corrected chi connectivity index (χ0v) is 14.5. The summed E-state index contributed by atoms with van der Waals surface area (Å²) in [6.07, 6.45) is 5.70. The number of hydrogen-bond acceptors (Lipinski definition) is 2. The summed E-state index contributed by atoms with van der Waals surface area (Å²) in [5.74, 6) is 0.916. The SMILES string of the molecule is CC(C)c1ccc(C(N)CNC(=O)C2CCCCC2)cc1.Cl. The zero-order chi connectivity index (χ0) is 15.2. The second-order valence-electron chi connectivity index (χ2n) is 6.51. The third-order valence-electron chi connectivity index (χ3n) is 4.50. The number of amides is 1. The van der Waals surface area contributed by atoms with Crippen molar-refractivity contribution in [3.63, 3.8) is 0 Å². The van der Waals surface area contributed by atoms with Crippen molar-refractivity contribution in [2.45, 2.75) is 57.9 Å². The molecule has 1 aromatic rings.